The summed E-state index contributed by atoms with van der Waals surface area (Å²) in [6, 6.07) is 0.532. The Balaban J connectivity index is 1.99. The molecule has 1 saturated carbocycles. The first kappa shape index (κ1) is 11.8. The van der Waals surface area contributed by atoms with Gasteiger partial charge in [-0.2, -0.15) is 0 Å². The van der Waals surface area contributed by atoms with Crippen LogP contribution in [0.25, 0.3) is 0 Å². The van der Waals surface area contributed by atoms with Crippen molar-refractivity contribution in [3.63, 3.8) is 0 Å². The number of hydrogen-bond donors (Lipinski definition) is 2. The molecule has 1 aliphatic carbocycles. The van der Waals surface area contributed by atoms with Crippen LogP contribution in [0.15, 0.2) is 0 Å². The van der Waals surface area contributed by atoms with Gasteiger partial charge in [-0.1, -0.05) is 26.2 Å². The monoisotopic (exact) mass is 214 g/mol. The molecule has 2 nitrogen and oxygen atoms in total. The van der Waals surface area contributed by atoms with Gasteiger partial charge in [-0.15, -0.1) is 0 Å². The first-order valence-electron chi connectivity index (χ1n) is 5.76. The first-order chi connectivity index (χ1) is 6.72. The lowest BCUT2D eigenvalue weighted by molar-refractivity contribution is 0.557. The standard InChI is InChI=1S/C11H22N2S/c1-3-4-7-12-11(14)13-9(2)8-10-5-6-10/h9-10H,3-8H2,1-2H3,(H2,12,13,14). The van der Waals surface area contributed by atoms with Gasteiger partial charge in [0, 0.05) is 12.6 Å². The summed E-state index contributed by atoms with van der Waals surface area (Å²) in [5.41, 5.74) is 0. The van der Waals surface area contributed by atoms with E-state index < -0.39 is 0 Å². The Morgan fingerprint density at radius 3 is 2.79 bits per heavy atom. The fourth-order valence-corrected chi connectivity index (χ4v) is 1.87. The van der Waals surface area contributed by atoms with Gasteiger partial charge in [-0.25, -0.2) is 0 Å². The predicted molar refractivity (Wildman–Crippen MR) is 65.4 cm³/mol. The molecule has 1 rings (SSSR count). The summed E-state index contributed by atoms with van der Waals surface area (Å²) in [5, 5.41) is 7.38. The molecule has 1 atom stereocenters. The summed E-state index contributed by atoms with van der Waals surface area (Å²) in [6.45, 7) is 5.40. The van der Waals surface area contributed by atoms with E-state index in [2.05, 4.69) is 24.5 Å². The molecule has 0 amide bonds. The fraction of sp³-hybridized carbons (Fsp3) is 0.909. The molecular formula is C11H22N2S. The van der Waals surface area contributed by atoms with E-state index in [0.717, 1.165) is 17.6 Å². The molecule has 2 N–H and O–H groups in total. The molecule has 82 valence electrons. The van der Waals surface area contributed by atoms with Crippen LogP contribution in [0, 0.1) is 5.92 Å². The first-order valence-corrected chi connectivity index (χ1v) is 6.17. The van der Waals surface area contributed by atoms with Crippen molar-refractivity contribution in [3.8, 4) is 0 Å². The minimum absolute atomic E-state index is 0.532. The predicted octanol–water partition coefficient (Wildman–Crippen LogP) is 2.44. The number of rotatable bonds is 6. The largest absolute Gasteiger partial charge is 0.363 e. The van der Waals surface area contributed by atoms with Gasteiger partial charge in [-0.3, -0.25) is 0 Å². The topological polar surface area (TPSA) is 24.1 Å². The Kier molecular flexibility index (Phi) is 5.23. The molecule has 0 saturated heterocycles. The minimum atomic E-state index is 0.532. The second-order valence-corrected chi connectivity index (χ2v) is 4.74. The van der Waals surface area contributed by atoms with Crippen molar-refractivity contribution >= 4 is 17.3 Å². The second kappa shape index (κ2) is 6.23. The number of nitrogens with one attached hydrogen (secondary N) is 2. The van der Waals surface area contributed by atoms with Crippen molar-refractivity contribution in [1.29, 1.82) is 0 Å². The molecule has 0 aromatic heterocycles. The molecule has 0 bridgehead atoms. The smallest absolute Gasteiger partial charge is 0.166 e. The summed E-state index contributed by atoms with van der Waals surface area (Å²) >= 11 is 5.19. The Bertz CT molecular complexity index is 178. The molecule has 14 heavy (non-hydrogen) atoms. The van der Waals surface area contributed by atoms with E-state index in [4.69, 9.17) is 12.2 Å². The lowest BCUT2D eigenvalue weighted by atomic mass is 10.2. The van der Waals surface area contributed by atoms with Crippen molar-refractivity contribution < 1.29 is 0 Å². The van der Waals surface area contributed by atoms with Crippen molar-refractivity contribution in [2.75, 3.05) is 6.54 Å². The van der Waals surface area contributed by atoms with Gasteiger partial charge < -0.3 is 10.6 Å². The van der Waals surface area contributed by atoms with E-state index >= 15 is 0 Å². The highest BCUT2D eigenvalue weighted by Gasteiger charge is 2.23. The Labute approximate surface area is 92.8 Å². The normalized spacial score (nSPS) is 17.6. The maximum Gasteiger partial charge on any atom is 0.166 e. The van der Waals surface area contributed by atoms with Crippen molar-refractivity contribution in [2.45, 2.75) is 52.0 Å². The van der Waals surface area contributed by atoms with Crippen LogP contribution in [0.1, 0.15) is 46.0 Å². The molecule has 1 aliphatic rings. The fourth-order valence-electron chi connectivity index (χ4n) is 1.57. The Hall–Kier alpha value is -0.310. The lowest BCUT2D eigenvalue weighted by Crippen LogP contribution is -2.41. The Morgan fingerprint density at radius 1 is 1.50 bits per heavy atom. The zero-order valence-corrected chi connectivity index (χ0v) is 10.1. The van der Waals surface area contributed by atoms with E-state index in [9.17, 15) is 0 Å². The summed E-state index contributed by atoms with van der Waals surface area (Å²) in [7, 11) is 0. The van der Waals surface area contributed by atoms with Gasteiger partial charge in [0.25, 0.3) is 0 Å². The molecule has 1 fully saturated rings. The van der Waals surface area contributed by atoms with Crippen LogP contribution in [0.2, 0.25) is 0 Å². The van der Waals surface area contributed by atoms with E-state index in [1.54, 1.807) is 0 Å². The third-order valence-corrected chi connectivity index (χ3v) is 2.84. The summed E-state index contributed by atoms with van der Waals surface area (Å²) in [5.74, 6) is 0.968. The zero-order valence-electron chi connectivity index (χ0n) is 9.31. The average Bonchev–Trinajstić information content (AvgIpc) is 2.88. The zero-order chi connectivity index (χ0) is 10.4. The van der Waals surface area contributed by atoms with Gasteiger partial charge in [0.15, 0.2) is 5.11 Å². The number of unbranched alkanes of at least 4 members (excludes halogenated alkanes) is 1. The van der Waals surface area contributed by atoms with Gasteiger partial charge in [0.05, 0.1) is 0 Å². The highest BCUT2D eigenvalue weighted by atomic mass is 32.1. The molecular weight excluding hydrogens is 192 g/mol. The van der Waals surface area contributed by atoms with Crippen LogP contribution in [0.4, 0.5) is 0 Å². The van der Waals surface area contributed by atoms with Gasteiger partial charge in [-0.05, 0) is 37.9 Å². The van der Waals surface area contributed by atoms with Gasteiger partial charge in [0.1, 0.15) is 0 Å². The molecule has 0 heterocycles. The van der Waals surface area contributed by atoms with E-state index in [1.165, 1.54) is 32.1 Å². The van der Waals surface area contributed by atoms with Crippen LogP contribution >= 0.6 is 12.2 Å². The van der Waals surface area contributed by atoms with Crippen LogP contribution in [0.3, 0.4) is 0 Å². The van der Waals surface area contributed by atoms with Crippen LogP contribution in [-0.4, -0.2) is 17.7 Å². The molecule has 3 heteroatoms. The van der Waals surface area contributed by atoms with E-state index in [1.807, 2.05) is 0 Å². The molecule has 0 aromatic carbocycles. The van der Waals surface area contributed by atoms with E-state index in [-0.39, 0.29) is 0 Å². The summed E-state index contributed by atoms with van der Waals surface area (Å²) in [6.07, 6.45) is 6.52. The average molecular weight is 214 g/mol. The SMILES string of the molecule is CCCCNC(=S)NC(C)CC1CC1. The van der Waals surface area contributed by atoms with Crippen molar-refractivity contribution in [3.05, 3.63) is 0 Å². The highest BCUT2D eigenvalue weighted by Crippen LogP contribution is 2.33. The number of thiocarbonyl (C=S) groups is 1. The second-order valence-electron chi connectivity index (χ2n) is 4.33. The van der Waals surface area contributed by atoms with Crippen LogP contribution in [0.5, 0.6) is 0 Å². The lowest BCUT2D eigenvalue weighted by Gasteiger charge is -2.16. The highest BCUT2D eigenvalue weighted by molar-refractivity contribution is 7.80. The quantitative estimate of drug-likeness (QED) is 0.524. The summed E-state index contributed by atoms with van der Waals surface area (Å²) < 4.78 is 0. The van der Waals surface area contributed by atoms with Crippen molar-refractivity contribution in [1.82, 2.24) is 10.6 Å². The molecule has 1 unspecified atom stereocenters. The van der Waals surface area contributed by atoms with Crippen LogP contribution < -0.4 is 10.6 Å². The maximum atomic E-state index is 5.19. The third kappa shape index (κ3) is 5.43. The van der Waals surface area contributed by atoms with Gasteiger partial charge in [0.2, 0.25) is 0 Å². The van der Waals surface area contributed by atoms with E-state index in [0.29, 0.717) is 6.04 Å². The third-order valence-electron chi connectivity index (χ3n) is 2.58. The molecule has 0 radical (unpaired) electrons. The molecule has 0 spiro atoms. The number of hydrogen-bond acceptors (Lipinski definition) is 1. The van der Waals surface area contributed by atoms with Gasteiger partial charge >= 0.3 is 0 Å². The molecule has 0 aliphatic heterocycles. The maximum absolute atomic E-state index is 5.19. The molecule has 0 aromatic rings. The van der Waals surface area contributed by atoms with Crippen molar-refractivity contribution in [2.24, 2.45) is 5.92 Å². The Morgan fingerprint density at radius 2 is 2.21 bits per heavy atom. The van der Waals surface area contributed by atoms with Crippen LogP contribution in [-0.2, 0) is 0 Å². The minimum Gasteiger partial charge on any atom is -0.363 e. The summed E-state index contributed by atoms with van der Waals surface area (Å²) in [4.78, 5) is 0.